The standard InChI is InChI=1S/C15H20ClFO/c1-14(2)8-3-4-9-15(14,18)10-11-12(16)6-5-7-13(11)17/h5-7,18H,3-4,8-10H2,1-2H3. The first-order chi connectivity index (χ1) is 8.36. The molecule has 1 fully saturated rings. The lowest BCUT2D eigenvalue weighted by atomic mass is 9.63. The molecule has 1 aromatic rings. The second kappa shape index (κ2) is 4.82. The molecule has 1 aliphatic carbocycles. The highest BCUT2D eigenvalue weighted by Gasteiger charge is 2.45. The van der Waals surface area contributed by atoms with Crippen molar-refractivity contribution in [3.8, 4) is 0 Å². The van der Waals surface area contributed by atoms with E-state index in [0.717, 1.165) is 19.3 Å². The molecule has 18 heavy (non-hydrogen) atoms. The smallest absolute Gasteiger partial charge is 0.127 e. The molecule has 0 aliphatic heterocycles. The summed E-state index contributed by atoms with van der Waals surface area (Å²) in [5.74, 6) is -0.322. The van der Waals surface area contributed by atoms with E-state index >= 15 is 0 Å². The molecule has 0 aromatic heterocycles. The van der Waals surface area contributed by atoms with Crippen molar-refractivity contribution in [2.45, 2.75) is 51.6 Å². The van der Waals surface area contributed by atoms with Crippen molar-refractivity contribution in [3.05, 3.63) is 34.6 Å². The van der Waals surface area contributed by atoms with Crippen molar-refractivity contribution in [1.82, 2.24) is 0 Å². The van der Waals surface area contributed by atoms with Gasteiger partial charge in [0.05, 0.1) is 5.60 Å². The predicted molar refractivity (Wildman–Crippen MR) is 72.3 cm³/mol. The number of aliphatic hydroxyl groups is 1. The maximum absolute atomic E-state index is 13.8. The van der Waals surface area contributed by atoms with Crippen molar-refractivity contribution in [3.63, 3.8) is 0 Å². The first-order valence-electron chi connectivity index (χ1n) is 6.51. The molecule has 0 bridgehead atoms. The second-order valence-electron chi connectivity index (χ2n) is 6.00. The summed E-state index contributed by atoms with van der Waals surface area (Å²) in [7, 11) is 0. The zero-order valence-corrected chi connectivity index (χ0v) is 11.7. The summed E-state index contributed by atoms with van der Waals surface area (Å²) in [4.78, 5) is 0. The van der Waals surface area contributed by atoms with E-state index in [2.05, 4.69) is 13.8 Å². The van der Waals surface area contributed by atoms with Crippen LogP contribution in [-0.4, -0.2) is 10.7 Å². The minimum atomic E-state index is -0.864. The van der Waals surface area contributed by atoms with Crippen LogP contribution in [0.25, 0.3) is 0 Å². The minimum Gasteiger partial charge on any atom is -0.389 e. The van der Waals surface area contributed by atoms with Crippen LogP contribution in [-0.2, 0) is 6.42 Å². The van der Waals surface area contributed by atoms with Gasteiger partial charge < -0.3 is 5.11 Å². The molecule has 2 rings (SSSR count). The molecule has 0 spiro atoms. The molecule has 100 valence electrons. The highest BCUT2D eigenvalue weighted by atomic mass is 35.5. The summed E-state index contributed by atoms with van der Waals surface area (Å²) >= 11 is 6.05. The Labute approximate surface area is 113 Å². The Morgan fingerprint density at radius 3 is 2.56 bits per heavy atom. The van der Waals surface area contributed by atoms with E-state index in [9.17, 15) is 9.50 Å². The number of hydrogen-bond acceptors (Lipinski definition) is 1. The third-order valence-corrected chi connectivity index (χ3v) is 4.79. The van der Waals surface area contributed by atoms with Crippen LogP contribution in [0.5, 0.6) is 0 Å². The molecule has 1 nitrogen and oxygen atoms in total. The Hall–Kier alpha value is -0.600. The molecule has 3 heteroatoms. The van der Waals surface area contributed by atoms with Crippen LogP contribution in [0.1, 0.15) is 45.1 Å². The fourth-order valence-corrected chi connectivity index (χ4v) is 3.11. The van der Waals surface area contributed by atoms with Gasteiger partial charge >= 0.3 is 0 Å². The van der Waals surface area contributed by atoms with Gasteiger partial charge in [-0.25, -0.2) is 4.39 Å². The van der Waals surface area contributed by atoms with Crippen LogP contribution >= 0.6 is 11.6 Å². The highest BCUT2D eigenvalue weighted by molar-refractivity contribution is 6.31. The Kier molecular flexibility index (Phi) is 3.70. The van der Waals surface area contributed by atoms with Gasteiger partial charge in [0.2, 0.25) is 0 Å². The maximum atomic E-state index is 13.8. The van der Waals surface area contributed by atoms with Gasteiger partial charge in [0.15, 0.2) is 0 Å². The fourth-order valence-electron chi connectivity index (χ4n) is 2.88. The molecular weight excluding hydrogens is 251 g/mol. The summed E-state index contributed by atoms with van der Waals surface area (Å²) in [6.07, 6.45) is 4.10. The first-order valence-corrected chi connectivity index (χ1v) is 6.89. The molecule has 0 radical (unpaired) electrons. The van der Waals surface area contributed by atoms with Gasteiger partial charge in [0.25, 0.3) is 0 Å². The van der Waals surface area contributed by atoms with Gasteiger partial charge in [0, 0.05) is 17.0 Å². The third-order valence-electron chi connectivity index (χ3n) is 4.43. The molecular formula is C15H20ClFO. The van der Waals surface area contributed by atoms with Crippen molar-refractivity contribution in [2.24, 2.45) is 5.41 Å². The Morgan fingerprint density at radius 1 is 1.28 bits per heavy atom. The van der Waals surface area contributed by atoms with Crippen LogP contribution in [0.3, 0.4) is 0 Å². The molecule has 1 saturated carbocycles. The monoisotopic (exact) mass is 270 g/mol. The van der Waals surface area contributed by atoms with Crippen molar-refractivity contribution in [2.75, 3.05) is 0 Å². The minimum absolute atomic E-state index is 0.198. The van der Waals surface area contributed by atoms with E-state index in [-0.39, 0.29) is 11.2 Å². The molecule has 0 heterocycles. The third kappa shape index (κ3) is 2.41. The molecule has 1 unspecified atom stereocenters. The van der Waals surface area contributed by atoms with E-state index in [1.54, 1.807) is 12.1 Å². The van der Waals surface area contributed by atoms with Crippen LogP contribution < -0.4 is 0 Å². The lowest BCUT2D eigenvalue weighted by molar-refractivity contribution is -0.0962. The summed E-state index contributed by atoms with van der Waals surface area (Å²) in [5, 5.41) is 11.3. The van der Waals surface area contributed by atoms with Crippen molar-refractivity contribution in [1.29, 1.82) is 0 Å². The summed E-state index contributed by atoms with van der Waals surface area (Å²) in [5.41, 5.74) is -0.620. The average molecular weight is 271 g/mol. The Bertz CT molecular complexity index is 424. The largest absolute Gasteiger partial charge is 0.389 e. The summed E-state index contributed by atoms with van der Waals surface area (Å²) in [6.45, 7) is 4.11. The van der Waals surface area contributed by atoms with Crippen molar-refractivity contribution < 1.29 is 9.50 Å². The van der Waals surface area contributed by atoms with Crippen molar-refractivity contribution >= 4 is 11.6 Å². The topological polar surface area (TPSA) is 20.2 Å². The second-order valence-corrected chi connectivity index (χ2v) is 6.41. The molecule has 1 N–H and O–H groups in total. The number of hydrogen-bond donors (Lipinski definition) is 1. The number of benzene rings is 1. The highest BCUT2D eigenvalue weighted by Crippen LogP contribution is 2.46. The molecule has 1 atom stereocenters. The van der Waals surface area contributed by atoms with E-state index in [1.807, 2.05) is 0 Å². The number of rotatable bonds is 2. The van der Waals surface area contributed by atoms with Crippen LogP contribution in [0, 0.1) is 11.2 Å². The molecule has 1 aromatic carbocycles. The first kappa shape index (κ1) is 13.8. The summed E-state index contributed by atoms with van der Waals surface area (Å²) in [6, 6.07) is 4.68. The summed E-state index contributed by atoms with van der Waals surface area (Å²) < 4.78 is 13.8. The van der Waals surface area contributed by atoms with Gasteiger partial charge in [-0.05, 0) is 30.4 Å². The lowest BCUT2D eigenvalue weighted by Gasteiger charge is -2.47. The number of halogens is 2. The maximum Gasteiger partial charge on any atom is 0.127 e. The van der Waals surface area contributed by atoms with Gasteiger partial charge in [-0.2, -0.15) is 0 Å². The van der Waals surface area contributed by atoms with E-state index in [4.69, 9.17) is 11.6 Å². The van der Waals surface area contributed by atoms with Crippen LogP contribution in [0.4, 0.5) is 4.39 Å². The van der Waals surface area contributed by atoms with E-state index in [0.29, 0.717) is 23.4 Å². The normalized spacial score (nSPS) is 27.2. The Morgan fingerprint density at radius 2 is 1.94 bits per heavy atom. The van der Waals surface area contributed by atoms with Crippen LogP contribution in [0.2, 0.25) is 5.02 Å². The zero-order valence-electron chi connectivity index (χ0n) is 11.0. The van der Waals surface area contributed by atoms with E-state index in [1.165, 1.54) is 6.07 Å². The van der Waals surface area contributed by atoms with Gasteiger partial charge in [0.1, 0.15) is 5.82 Å². The molecule has 1 aliphatic rings. The van der Waals surface area contributed by atoms with Gasteiger partial charge in [-0.3, -0.25) is 0 Å². The lowest BCUT2D eigenvalue weighted by Crippen LogP contribution is -2.49. The molecule has 0 amide bonds. The quantitative estimate of drug-likeness (QED) is 0.847. The SMILES string of the molecule is CC1(C)CCCCC1(O)Cc1c(F)cccc1Cl. The van der Waals surface area contributed by atoms with Gasteiger partial charge in [-0.15, -0.1) is 0 Å². The fraction of sp³-hybridized carbons (Fsp3) is 0.600. The average Bonchev–Trinajstić information content (AvgIpc) is 2.28. The zero-order chi connectivity index (χ0) is 13.4. The molecule has 0 saturated heterocycles. The van der Waals surface area contributed by atoms with E-state index < -0.39 is 5.60 Å². The predicted octanol–water partition coefficient (Wildman–Crippen LogP) is 4.35. The Balaban J connectivity index is 2.32. The van der Waals surface area contributed by atoms with Gasteiger partial charge in [-0.1, -0.05) is 44.4 Å². The van der Waals surface area contributed by atoms with Crippen LogP contribution in [0.15, 0.2) is 18.2 Å².